The lowest BCUT2D eigenvalue weighted by atomic mass is 9.93. The topological polar surface area (TPSA) is 41.7 Å². The van der Waals surface area contributed by atoms with Crippen molar-refractivity contribution in [2.75, 3.05) is 46.4 Å². The van der Waals surface area contributed by atoms with Gasteiger partial charge in [-0.05, 0) is 39.3 Å². The van der Waals surface area contributed by atoms with E-state index in [0.717, 1.165) is 39.3 Å². The van der Waals surface area contributed by atoms with Crippen molar-refractivity contribution in [3.63, 3.8) is 0 Å². The minimum atomic E-state index is 0.382. The zero-order valence-electron chi connectivity index (χ0n) is 11.3. The molecule has 100 valence electrons. The third kappa shape index (κ3) is 3.65. The first kappa shape index (κ1) is 13.3. The second-order valence-corrected chi connectivity index (χ2v) is 5.74. The van der Waals surface area contributed by atoms with Crippen LogP contribution in [0.15, 0.2) is 0 Å². The Morgan fingerprint density at radius 1 is 1.29 bits per heavy atom. The van der Waals surface area contributed by atoms with Crippen LogP contribution in [0.5, 0.6) is 0 Å². The van der Waals surface area contributed by atoms with Gasteiger partial charge >= 0.3 is 0 Å². The highest BCUT2D eigenvalue weighted by molar-refractivity contribution is 4.82. The number of morpholine rings is 1. The van der Waals surface area contributed by atoms with Crippen LogP contribution in [0.2, 0.25) is 0 Å². The van der Waals surface area contributed by atoms with Gasteiger partial charge in [-0.15, -0.1) is 0 Å². The van der Waals surface area contributed by atoms with Gasteiger partial charge in [0.1, 0.15) is 0 Å². The predicted molar refractivity (Wildman–Crippen MR) is 70.1 cm³/mol. The van der Waals surface area contributed by atoms with E-state index in [9.17, 15) is 0 Å². The van der Waals surface area contributed by atoms with Gasteiger partial charge in [-0.2, -0.15) is 0 Å². The van der Waals surface area contributed by atoms with E-state index in [4.69, 9.17) is 10.5 Å². The molecule has 2 aliphatic rings. The second kappa shape index (κ2) is 6.14. The molecular weight excluding hydrogens is 214 g/mol. The molecule has 2 aliphatic heterocycles. The van der Waals surface area contributed by atoms with Crippen LogP contribution >= 0.6 is 0 Å². The van der Waals surface area contributed by atoms with Crippen LogP contribution < -0.4 is 5.73 Å². The molecule has 0 aromatic carbocycles. The molecule has 2 fully saturated rings. The van der Waals surface area contributed by atoms with E-state index in [1.165, 1.54) is 12.8 Å². The summed E-state index contributed by atoms with van der Waals surface area (Å²) < 4.78 is 5.85. The molecular formula is C13H27N3O. The maximum absolute atomic E-state index is 5.85. The molecule has 0 amide bonds. The summed E-state index contributed by atoms with van der Waals surface area (Å²) in [5, 5.41) is 0. The summed E-state index contributed by atoms with van der Waals surface area (Å²) in [6, 6.07) is 0.689. The van der Waals surface area contributed by atoms with Gasteiger partial charge in [0.05, 0.1) is 12.7 Å². The fraction of sp³-hybridized carbons (Fsp3) is 1.00. The molecule has 17 heavy (non-hydrogen) atoms. The van der Waals surface area contributed by atoms with Gasteiger partial charge in [0, 0.05) is 32.2 Å². The Morgan fingerprint density at radius 2 is 2.12 bits per heavy atom. The van der Waals surface area contributed by atoms with E-state index in [0.29, 0.717) is 18.1 Å². The first-order valence-electron chi connectivity index (χ1n) is 6.93. The molecule has 0 saturated carbocycles. The van der Waals surface area contributed by atoms with Crippen LogP contribution in [0.25, 0.3) is 0 Å². The van der Waals surface area contributed by atoms with Crippen molar-refractivity contribution in [2.45, 2.75) is 31.9 Å². The van der Waals surface area contributed by atoms with Gasteiger partial charge in [-0.25, -0.2) is 0 Å². The van der Waals surface area contributed by atoms with E-state index in [2.05, 4.69) is 23.8 Å². The van der Waals surface area contributed by atoms with Gasteiger partial charge < -0.3 is 15.4 Å². The van der Waals surface area contributed by atoms with Crippen LogP contribution in [0, 0.1) is 5.92 Å². The molecule has 0 bridgehead atoms. The number of likely N-dealkylation sites (N-methyl/N-ethyl adjacent to an activating group) is 1. The summed E-state index contributed by atoms with van der Waals surface area (Å²) >= 11 is 0. The third-order valence-corrected chi connectivity index (χ3v) is 4.22. The average Bonchev–Trinajstić information content (AvgIpc) is 2.32. The lowest BCUT2D eigenvalue weighted by molar-refractivity contribution is -0.0475. The van der Waals surface area contributed by atoms with Crippen LogP contribution in [0.3, 0.4) is 0 Å². The Kier molecular flexibility index (Phi) is 4.79. The third-order valence-electron chi connectivity index (χ3n) is 4.22. The highest BCUT2D eigenvalue weighted by Crippen LogP contribution is 2.22. The van der Waals surface area contributed by atoms with Crippen LogP contribution in [0.4, 0.5) is 0 Å². The Bertz CT molecular complexity index is 237. The summed E-state index contributed by atoms with van der Waals surface area (Å²) in [6.07, 6.45) is 2.96. The van der Waals surface area contributed by atoms with E-state index in [1.54, 1.807) is 0 Å². The average molecular weight is 241 g/mol. The number of hydrogen-bond acceptors (Lipinski definition) is 4. The summed E-state index contributed by atoms with van der Waals surface area (Å²) in [5.74, 6) is 0.688. The Morgan fingerprint density at radius 3 is 2.82 bits per heavy atom. The number of nitrogens with zero attached hydrogens (tertiary/aromatic N) is 2. The van der Waals surface area contributed by atoms with Crippen molar-refractivity contribution in [3.8, 4) is 0 Å². The van der Waals surface area contributed by atoms with Crippen LogP contribution in [0.1, 0.15) is 19.8 Å². The fourth-order valence-corrected chi connectivity index (χ4v) is 2.95. The van der Waals surface area contributed by atoms with Crippen molar-refractivity contribution in [1.29, 1.82) is 0 Å². The lowest BCUT2D eigenvalue weighted by Crippen LogP contribution is -2.51. The molecule has 3 unspecified atom stereocenters. The predicted octanol–water partition coefficient (Wildman–Crippen LogP) is 0.376. The Labute approximate surface area is 105 Å². The normalized spacial score (nSPS) is 37.2. The Hall–Kier alpha value is -0.160. The molecule has 4 nitrogen and oxygen atoms in total. The van der Waals surface area contributed by atoms with Crippen LogP contribution in [-0.4, -0.2) is 68.3 Å². The maximum atomic E-state index is 5.85. The molecule has 2 heterocycles. The van der Waals surface area contributed by atoms with Crippen molar-refractivity contribution < 1.29 is 4.74 Å². The van der Waals surface area contributed by atoms with Gasteiger partial charge in [-0.3, -0.25) is 4.90 Å². The van der Waals surface area contributed by atoms with Crippen molar-refractivity contribution >= 4 is 0 Å². The first-order chi connectivity index (χ1) is 8.19. The fourth-order valence-electron chi connectivity index (χ4n) is 2.95. The summed E-state index contributed by atoms with van der Waals surface area (Å²) in [6.45, 7) is 8.40. The number of hydrogen-bond donors (Lipinski definition) is 1. The Balaban J connectivity index is 1.83. The maximum Gasteiger partial charge on any atom is 0.0829 e. The zero-order chi connectivity index (χ0) is 12.3. The molecule has 2 N–H and O–H groups in total. The smallest absolute Gasteiger partial charge is 0.0829 e. The zero-order valence-corrected chi connectivity index (χ0v) is 11.3. The molecule has 0 aromatic heterocycles. The highest BCUT2D eigenvalue weighted by Gasteiger charge is 2.28. The van der Waals surface area contributed by atoms with Crippen molar-refractivity contribution in [1.82, 2.24) is 9.80 Å². The van der Waals surface area contributed by atoms with Crippen molar-refractivity contribution in [3.05, 3.63) is 0 Å². The molecule has 0 aliphatic carbocycles. The van der Waals surface area contributed by atoms with E-state index in [-0.39, 0.29) is 0 Å². The van der Waals surface area contributed by atoms with Gasteiger partial charge in [0.15, 0.2) is 0 Å². The standard InChI is InChI=1S/C13H27N3O/c1-11-3-4-12(7-14)8-16(11)10-13-9-15(2)5-6-17-13/h11-13H,3-10,14H2,1-2H3. The SMILES string of the molecule is CC1CCC(CN)CN1CC1CN(C)CCO1. The quantitative estimate of drug-likeness (QED) is 0.775. The number of ether oxygens (including phenoxy) is 1. The van der Waals surface area contributed by atoms with E-state index in [1.807, 2.05) is 0 Å². The van der Waals surface area contributed by atoms with E-state index >= 15 is 0 Å². The second-order valence-electron chi connectivity index (χ2n) is 5.74. The molecule has 2 rings (SSSR count). The number of nitrogens with two attached hydrogens (primary N) is 1. The summed E-state index contributed by atoms with van der Waals surface area (Å²) in [4.78, 5) is 4.94. The number of piperidine rings is 1. The summed E-state index contributed by atoms with van der Waals surface area (Å²) in [7, 11) is 2.18. The molecule has 3 atom stereocenters. The molecule has 4 heteroatoms. The minimum absolute atomic E-state index is 0.382. The molecule has 0 aromatic rings. The van der Waals surface area contributed by atoms with E-state index < -0.39 is 0 Å². The van der Waals surface area contributed by atoms with Crippen molar-refractivity contribution in [2.24, 2.45) is 11.7 Å². The van der Waals surface area contributed by atoms with Gasteiger partial charge in [-0.1, -0.05) is 0 Å². The molecule has 0 spiro atoms. The lowest BCUT2D eigenvalue weighted by Gasteiger charge is -2.41. The molecule has 0 radical (unpaired) electrons. The number of likely N-dealkylation sites (tertiary alicyclic amines) is 1. The van der Waals surface area contributed by atoms with Gasteiger partial charge in [0.25, 0.3) is 0 Å². The minimum Gasteiger partial charge on any atom is -0.374 e. The summed E-state index contributed by atoms with van der Waals surface area (Å²) in [5.41, 5.74) is 5.80. The van der Waals surface area contributed by atoms with Crippen LogP contribution in [-0.2, 0) is 4.74 Å². The monoisotopic (exact) mass is 241 g/mol. The first-order valence-corrected chi connectivity index (χ1v) is 6.93. The van der Waals surface area contributed by atoms with Gasteiger partial charge in [0.2, 0.25) is 0 Å². The highest BCUT2D eigenvalue weighted by atomic mass is 16.5. The largest absolute Gasteiger partial charge is 0.374 e. The number of rotatable bonds is 3. The molecule has 2 saturated heterocycles.